The average molecular weight is 455 g/mol. The summed E-state index contributed by atoms with van der Waals surface area (Å²) in [7, 11) is 1.63. The molecule has 170 valence electrons. The standard InChI is InChI=1S/C24H30N4O3S/c1-6-18-7-9-19(10-8-18)25-22(29)15-32-24-27-26-23(28(24)16(2)3)17(4)31-21-13-11-20(30-5)12-14-21/h7-14,16-17H,6,15H2,1-5H3,(H,25,29). The molecule has 1 N–H and O–H groups in total. The molecular weight excluding hydrogens is 424 g/mol. The molecule has 0 fully saturated rings. The lowest BCUT2D eigenvalue weighted by atomic mass is 10.1. The SMILES string of the molecule is CCc1ccc(NC(=O)CSc2nnc(C(C)Oc3ccc(OC)cc3)n2C(C)C)cc1. The highest BCUT2D eigenvalue weighted by atomic mass is 32.2. The van der Waals surface area contributed by atoms with Crippen molar-refractivity contribution in [2.24, 2.45) is 0 Å². The maximum Gasteiger partial charge on any atom is 0.234 e. The summed E-state index contributed by atoms with van der Waals surface area (Å²) in [4.78, 5) is 12.4. The summed E-state index contributed by atoms with van der Waals surface area (Å²) < 4.78 is 13.3. The van der Waals surface area contributed by atoms with Crippen molar-refractivity contribution in [2.75, 3.05) is 18.2 Å². The third-order valence-corrected chi connectivity index (χ3v) is 5.86. The largest absolute Gasteiger partial charge is 0.497 e. The average Bonchev–Trinajstić information content (AvgIpc) is 3.23. The topological polar surface area (TPSA) is 78.3 Å². The lowest BCUT2D eigenvalue weighted by molar-refractivity contribution is -0.113. The van der Waals surface area contributed by atoms with Gasteiger partial charge in [0.1, 0.15) is 11.5 Å². The number of methoxy groups -OCH3 is 1. The van der Waals surface area contributed by atoms with Crippen LogP contribution in [0.1, 0.15) is 51.2 Å². The van der Waals surface area contributed by atoms with E-state index in [0.29, 0.717) is 11.0 Å². The van der Waals surface area contributed by atoms with Crippen molar-refractivity contribution in [1.29, 1.82) is 0 Å². The molecule has 0 aliphatic heterocycles. The van der Waals surface area contributed by atoms with Crippen LogP contribution in [0.25, 0.3) is 0 Å². The van der Waals surface area contributed by atoms with Gasteiger partial charge in [0, 0.05) is 11.7 Å². The summed E-state index contributed by atoms with van der Waals surface area (Å²) in [5.41, 5.74) is 2.03. The molecule has 0 radical (unpaired) electrons. The number of carbonyl (C=O) groups excluding carboxylic acids is 1. The molecular formula is C24H30N4O3S. The maximum atomic E-state index is 12.4. The number of rotatable bonds is 10. The molecule has 0 bridgehead atoms. The number of ether oxygens (including phenoxy) is 2. The summed E-state index contributed by atoms with van der Waals surface area (Å²) in [5.74, 6) is 2.37. The van der Waals surface area contributed by atoms with E-state index in [9.17, 15) is 4.79 Å². The van der Waals surface area contributed by atoms with Gasteiger partial charge in [-0.05, 0) is 69.2 Å². The van der Waals surface area contributed by atoms with Gasteiger partial charge in [0.05, 0.1) is 12.9 Å². The van der Waals surface area contributed by atoms with E-state index in [2.05, 4.69) is 36.3 Å². The molecule has 0 spiro atoms. The Balaban J connectivity index is 1.64. The maximum absolute atomic E-state index is 12.4. The molecule has 1 unspecified atom stereocenters. The van der Waals surface area contributed by atoms with Crippen LogP contribution in [0.2, 0.25) is 0 Å². The van der Waals surface area contributed by atoms with E-state index >= 15 is 0 Å². The van der Waals surface area contributed by atoms with Gasteiger partial charge in [0.15, 0.2) is 17.1 Å². The Labute approximate surface area is 193 Å². The van der Waals surface area contributed by atoms with Crippen LogP contribution in [0.3, 0.4) is 0 Å². The molecule has 3 aromatic rings. The second-order valence-electron chi connectivity index (χ2n) is 7.63. The number of amides is 1. The van der Waals surface area contributed by atoms with Crippen LogP contribution in [-0.2, 0) is 11.2 Å². The van der Waals surface area contributed by atoms with Crippen molar-refractivity contribution in [3.8, 4) is 11.5 Å². The number of hydrogen-bond acceptors (Lipinski definition) is 6. The first-order chi connectivity index (χ1) is 15.4. The Morgan fingerprint density at radius 3 is 2.28 bits per heavy atom. The third-order valence-electron chi connectivity index (χ3n) is 4.92. The van der Waals surface area contributed by atoms with Crippen LogP contribution in [0.15, 0.2) is 53.7 Å². The Bertz CT molecular complexity index is 1020. The normalized spacial score (nSPS) is 11.9. The van der Waals surface area contributed by atoms with Crippen molar-refractivity contribution < 1.29 is 14.3 Å². The van der Waals surface area contributed by atoms with E-state index in [0.717, 1.165) is 23.6 Å². The van der Waals surface area contributed by atoms with E-state index in [1.54, 1.807) is 7.11 Å². The van der Waals surface area contributed by atoms with Gasteiger partial charge in [-0.3, -0.25) is 4.79 Å². The molecule has 0 aliphatic rings. The molecule has 32 heavy (non-hydrogen) atoms. The van der Waals surface area contributed by atoms with Crippen LogP contribution in [0.5, 0.6) is 11.5 Å². The van der Waals surface area contributed by atoms with Gasteiger partial charge in [0.25, 0.3) is 0 Å². The van der Waals surface area contributed by atoms with Gasteiger partial charge in [-0.1, -0.05) is 30.8 Å². The predicted octanol–water partition coefficient (Wildman–Crippen LogP) is 5.30. The van der Waals surface area contributed by atoms with E-state index < -0.39 is 0 Å². The lowest BCUT2D eigenvalue weighted by Gasteiger charge is -2.19. The summed E-state index contributed by atoms with van der Waals surface area (Å²) in [6, 6.07) is 15.4. The molecule has 0 saturated carbocycles. The van der Waals surface area contributed by atoms with Gasteiger partial charge in [-0.2, -0.15) is 0 Å². The van der Waals surface area contributed by atoms with Crippen LogP contribution in [0, 0.1) is 0 Å². The number of hydrogen-bond donors (Lipinski definition) is 1. The Morgan fingerprint density at radius 1 is 1.03 bits per heavy atom. The summed E-state index contributed by atoms with van der Waals surface area (Å²) >= 11 is 1.37. The van der Waals surface area contributed by atoms with Gasteiger partial charge in [0.2, 0.25) is 5.91 Å². The minimum Gasteiger partial charge on any atom is -0.497 e. The molecule has 1 heterocycles. The number of carbonyl (C=O) groups is 1. The number of thioether (sulfide) groups is 1. The zero-order valence-corrected chi connectivity index (χ0v) is 20.0. The zero-order valence-electron chi connectivity index (χ0n) is 19.2. The van der Waals surface area contributed by atoms with Crippen LogP contribution in [-0.4, -0.2) is 33.5 Å². The van der Waals surface area contributed by atoms with Crippen LogP contribution >= 0.6 is 11.8 Å². The zero-order chi connectivity index (χ0) is 23.1. The molecule has 1 amide bonds. The van der Waals surface area contributed by atoms with Crippen molar-refractivity contribution in [3.63, 3.8) is 0 Å². The minimum absolute atomic E-state index is 0.0818. The highest BCUT2D eigenvalue weighted by Gasteiger charge is 2.22. The Kier molecular flexibility index (Phi) is 8.16. The lowest BCUT2D eigenvalue weighted by Crippen LogP contribution is -2.16. The highest BCUT2D eigenvalue weighted by molar-refractivity contribution is 7.99. The fraction of sp³-hybridized carbons (Fsp3) is 0.375. The molecule has 0 saturated heterocycles. The fourth-order valence-electron chi connectivity index (χ4n) is 3.21. The quantitative estimate of drug-likeness (QED) is 0.419. The third kappa shape index (κ3) is 6.03. The predicted molar refractivity (Wildman–Crippen MR) is 128 cm³/mol. The number of nitrogens with zero attached hydrogens (tertiary/aromatic N) is 3. The first-order valence-electron chi connectivity index (χ1n) is 10.7. The van der Waals surface area contributed by atoms with E-state index in [1.807, 2.05) is 60.0 Å². The van der Waals surface area contributed by atoms with E-state index in [-0.39, 0.29) is 23.8 Å². The van der Waals surface area contributed by atoms with Gasteiger partial charge < -0.3 is 19.4 Å². The van der Waals surface area contributed by atoms with Gasteiger partial charge >= 0.3 is 0 Å². The molecule has 1 atom stereocenters. The second-order valence-corrected chi connectivity index (χ2v) is 8.57. The van der Waals surface area contributed by atoms with E-state index in [4.69, 9.17) is 9.47 Å². The van der Waals surface area contributed by atoms with Crippen LogP contribution < -0.4 is 14.8 Å². The fourth-order valence-corrected chi connectivity index (χ4v) is 4.09. The van der Waals surface area contributed by atoms with Crippen molar-refractivity contribution in [3.05, 3.63) is 59.9 Å². The number of aryl methyl sites for hydroxylation is 1. The second kappa shape index (κ2) is 11.0. The molecule has 1 aromatic heterocycles. The smallest absolute Gasteiger partial charge is 0.234 e. The number of benzene rings is 2. The van der Waals surface area contributed by atoms with Crippen molar-refractivity contribution >= 4 is 23.4 Å². The number of aromatic nitrogens is 3. The molecule has 3 rings (SSSR count). The van der Waals surface area contributed by atoms with Gasteiger partial charge in [-0.25, -0.2) is 0 Å². The first-order valence-corrected chi connectivity index (χ1v) is 11.7. The van der Waals surface area contributed by atoms with Crippen LogP contribution in [0.4, 0.5) is 5.69 Å². The van der Waals surface area contributed by atoms with Crippen molar-refractivity contribution in [1.82, 2.24) is 14.8 Å². The minimum atomic E-state index is -0.307. The summed E-state index contributed by atoms with van der Waals surface area (Å²) in [6.45, 7) is 8.17. The van der Waals surface area contributed by atoms with Gasteiger partial charge in [-0.15, -0.1) is 10.2 Å². The number of anilines is 1. The summed E-state index contributed by atoms with van der Waals surface area (Å²) in [5, 5.41) is 12.3. The monoisotopic (exact) mass is 454 g/mol. The first kappa shape index (κ1) is 23.7. The Hall–Kier alpha value is -3.00. The van der Waals surface area contributed by atoms with Crippen molar-refractivity contribution in [2.45, 2.75) is 51.4 Å². The van der Waals surface area contributed by atoms with E-state index in [1.165, 1.54) is 17.3 Å². The summed E-state index contributed by atoms with van der Waals surface area (Å²) in [6.07, 6.45) is 0.663. The molecule has 0 aliphatic carbocycles. The Morgan fingerprint density at radius 2 is 1.69 bits per heavy atom. The molecule has 2 aromatic carbocycles. The number of nitrogens with one attached hydrogen (secondary N) is 1. The molecule has 7 nitrogen and oxygen atoms in total. The highest BCUT2D eigenvalue weighted by Crippen LogP contribution is 2.28. The molecule has 8 heteroatoms.